The van der Waals surface area contributed by atoms with E-state index in [1.165, 1.54) is 12.0 Å². The van der Waals surface area contributed by atoms with Crippen LogP contribution in [-0.2, 0) is 9.59 Å². The van der Waals surface area contributed by atoms with E-state index in [2.05, 4.69) is 15.0 Å². The van der Waals surface area contributed by atoms with Crippen molar-refractivity contribution in [1.29, 1.82) is 0 Å². The van der Waals surface area contributed by atoms with Crippen LogP contribution in [0.2, 0.25) is 5.02 Å². The van der Waals surface area contributed by atoms with Crippen LogP contribution in [0.15, 0.2) is 66.5 Å². The first-order chi connectivity index (χ1) is 16.4. The minimum absolute atomic E-state index is 0.100. The smallest absolute Gasteiger partial charge is 0.302 e. The fraction of sp³-hybridized carbons (Fsp3) is 0.120. The van der Waals surface area contributed by atoms with Gasteiger partial charge in [0.25, 0.3) is 5.78 Å². The van der Waals surface area contributed by atoms with Gasteiger partial charge in [-0.1, -0.05) is 23.7 Å². The number of halogens is 1. The van der Waals surface area contributed by atoms with Crippen molar-refractivity contribution in [2.45, 2.75) is 13.0 Å². The number of methoxy groups -OCH3 is 1. The van der Waals surface area contributed by atoms with E-state index in [4.69, 9.17) is 16.3 Å². The predicted octanol–water partition coefficient (Wildman–Crippen LogP) is 4.55. The van der Waals surface area contributed by atoms with Crippen LogP contribution in [0.4, 0.5) is 5.95 Å². The van der Waals surface area contributed by atoms with Crippen LogP contribution in [0.5, 0.6) is 5.75 Å². The van der Waals surface area contributed by atoms with Gasteiger partial charge in [-0.25, -0.2) is 4.98 Å². The van der Waals surface area contributed by atoms with Crippen molar-refractivity contribution >= 4 is 46.0 Å². The van der Waals surface area contributed by atoms with Crippen LogP contribution in [0.25, 0.3) is 16.8 Å². The lowest BCUT2D eigenvalue weighted by atomic mass is 9.95. The molecule has 1 unspecified atom stereocenters. The molecule has 4 aromatic rings. The number of amides is 1. The van der Waals surface area contributed by atoms with Crippen LogP contribution >= 0.6 is 11.6 Å². The Morgan fingerprint density at radius 2 is 1.88 bits per heavy atom. The normalized spacial score (nSPS) is 17.5. The number of aromatic nitrogens is 3. The molecule has 1 aliphatic rings. The van der Waals surface area contributed by atoms with Gasteiger partial charge >= 0.3 is 5.91 Å². The molecule has 1 fully saturated rings. The van der Waals surface area contributed by atoms with Crippen LogP contribution in [0.1, 0.15) is 22.7 Å². The quantitative estimate of drug-likeness (QED) is 0.255. The van der Waals surface area contributed by atoms with Crippen molar-refractivity contribution < 1.29 is 19.4 Å². The SMILES string of the molecule is COc1c(Cl)cc(C)cc1/C(O)=C1\C(=O)C(=O)N(c2nc3ccccc3[nH]2)C1c1ccncc1. The molecule has 1 amide bonds. The third-order valence-electron chi connectivity index (χ3n) is 5.72. The van der Waals surface area contributed by atoms with Gasteiger partial charge in [0, 0.05) is 12.4 Å². The molecule has 0 bridgehead atoms. The molecule has 1 aliphatic heterocycles. The highest BCUT2D eigenvalue weighted by molar-refractivity contribution is 6.51. The first-order valence-corrected chi connectivity index (χ1v) is 10.8. The number of hydrogen-bond donors (Lipinski definition) is 2. The lowest BCUT2D eigenvalue weighted by molar-refractivity contribution is -0.132. The number of ketones is 1. The summed E-state index contributed by atoms with van der Waals surface area (Å²) in [4.78, 5) is 39.5. The fourth-order valence-corrected chi connectivity index (χ4v) is 4.57. The lowest BCUT2D eigenvalue weighted by Gasteiger charge is -2.23. The van der Waals surface area contributed by atoms with Gasteiger partial charge in [-0.3, -0.25) is 19.5 Å². The Hall–Kier alpha value is -4.17. The molecule has 2 N–H and O–H groups in total. The number of rotatable bonds is 4. The van der Waals surface area contributed by atoms with E-state index >= 15 is 0 Å². The molecular formula is C25H19ClN4O4. The molecular weight excluding hydrogens is 456 g/mol. The zero-order valence-corrected chi connectivity index (χ0v) is 19.0. The maximum Gasteiger partial charge on any atom is 0.302 e. The van der Waals surface area contributed by atoms with Gasteiger partial charge in [0.05, 0.1) is 40.3 Å². The summed E-state index contributed by atoms with van der Waals surface area (Å²) in [5, 5.41) is 11.7. The van der Waals surface area contributed by atoms with Crippen molar-refractivity contribution in [2.24, 2.45) is 0 Å². The summed E-state index contributed by atoms with van der Waals surface area (Å²) < 4.78 is 5.40. The number of carbonyl (C=O) groups excluding carboxylic acids is 2. The van der Waals surface area contributed by atoms with Crippen molar-refractivity contribution in [3.05, 3.63) is 88.2 Å². The molecule has 5 rings (SSSR count). The number of fused-ring (bicyclic) bond motifs is 1. The molecule has 2 aromatic heterocycles. The first kappa shape index (κ1) is 21.7. The summed E-state index contributed by atoms with van der Waals surface area (Å²) in [6.45, 7) is 1.80. The third-order valence-corrected chi connectivity index (χ3v) is 6.00. The maximum atomic E-state index is 13.3. The van der Waals surface area contributed by atoms with E-state index in [0.717, 1.165) is 5.56 Å². The molecule has 1 saturated heterocycles. The summed E-state index contributed by atoms with van der Waals surface area (Å²) in [5.74, 6) is -1.66. The number of nitrogens with one attached hydrogen (secondary N) is 1. The number of Topliss-reactive ketones (excluding diaryl/α,β-unsaturated/α-hetero) is 1. The molecule has 0 spiro atoms. The number of imidazole rings is 1. The van der Waals surface area contributed by atoms with E-state index in [0.29, 0.717) is 16.6 Å². The molecule has 9 heteroatoms. The molecule has 0 saturated carbocycles. The van der Waals surface area contributed by atoms with Crippen LogP contribution in [-0.4, -0.2) is 38.9 Å². The Kier molecular flexibility index (Phi) is 5.30. The number of carbonyl (C=O) groups is 2. The monoisotopic (exact) mass is 474 g/mol. The second-order valence-electron chi connectivity index (χ2n) is 7.85. The largest absolute Gasteiger partial charge is 0.507 e. The number of aromatic amines is 1. The van der Waals surface area contributed by atoms with Crippen LogP contribution in [0.3, 0.4) is 0 Å². The minimum Gasteiger partial charge on any atom is -0.507 e. The number of H-pyrrole nitrogens is 1. The van der Waals surface area contributed by atoms with Crippen molar-refractivity contribution in [3.8, 4) is 5.75 Å². The lowest BCUT2D eigenvalue weighted by Crippen LogP contribution is -2.30. The molecule has 0 aliphatic carbocycles. The summed E-state index contributed by atoms with van der Waals surface area (Å²) in [6, 6.07) is 13.0. The van der Waals surface area contributed by atoms with E-state index in [9.17, 15) is 14.7 Å². The highest BCUT2D eigenvalue weighted by atomic mass is 35.5. The number of para-hydroxylation sites is 2. The molecule has 8 nitrogen and oxygen atoms in total. The van der Waals surface area contributed by atoms with Gasteiger partial charge < -0.3 is 14.8 Å². The number of anilines is 1. The van der Waals surface area contributed by atoms with Gasteiger partial charge in [-0.15, -0.1) is 0 Å². The highest BCUT2D eigenvalue weighted by Gasteiger charge is 2.48. The number of aryl methyl sites for hydroxylation is 1. The molecule has 170 valence electrons. The molecule has 1 atom stereocenters. The number of aliphatic hydroxyl groups excluding tert-OH is 1. The molecule has 0 radical (unpaired) electrons. The number of hydrogen-bond acceptors (Lipinski definition) is 6. The Morgan fingerprint density at radius 3 is 2.59 bits per heavy atom. The Bertz CT molecular complexity index is 1450. The predicted molar refractivity (Wildman–Crippen MR) is 128 cm³/mol. The van der Waals surface area contributed by atoms with Crippen molar-refractivity contribution in [1.82, 2.24) is 15.0 Å². The van der Waals surface area contributed by atoms with Crippen LogP contribution in [0, 0.1) is 6.92 Å². The Labute approximate surface area is 199 Å². The summed E-state index contributed by atoms with van der Waals surface area (Å²) in [6.07, 6.45) is 3.11. The van der Waals surface area contributed by atoms with E-state index < -0.39 is 17.7 Å². The molecule has 3 heterocycles. The topological polar surface area (TPSA) is 108 Å². The first-order valence-electron chi connectivity index (χ1n) is 10.4. The van der Waals surface area contributed by atoms with E-state index in [1.54, 1.807) is 49.6 Å². The van der Waals surface area contributed by atoms with Crippen molar-refractivity contribution in [3.63, 3.8) is 0 Å². The number of nitrogens with zero attached hydrogens (tertiary/aromatic N) is 3. The fourth-order valence-electron chi connectivity index (χ4n) is 4.22. The van der Waals surface area contributed by atoms with Gasteiger partial charge in [0.1, 0.15) is 11.5 Å². The maximum absolute atomic E-state index is 13.3. The molecule has 34 heavy (non-hydrogen) atoms. The van der Waals surface area contributed by atoms with Gasteiger partial charge in [0.15, 0.2) is 0 Å². The third kappa shape index (κ3) is 3.39. The van der Waals surface area contributed by atoms with Gasteiger partial charge in [-0.2, -0.15) is 0 Å². The average molecular weight is 475 g/mol. The Morgan fingerprint density at radius 1 is 1.15 bits per heavy atom. The summed E-state index contributed by atoms with van der Waals surface area (Å²) in [5.41, 5.74) is 2.79. The second-order valence-corrected chi connectivity index (χ2v) is 8.26. The minimum atomic E-state index is -0.951. The standard InChI is InChI=1S/C25H19ClN4O4/c1-13-11-15(23(34-2)16(26)12-13)21(31)19-20(14-7-9-27-10-8-14)30(24(33)22(19)32)25-28-17-5-3-4-6-18(17)29-25/h3-12,20,31H,1-2H3,(H,28,29)/b21-19+. The average Bonchev–Trinajstić information content (AvgIpc) is 3.37. The number of aliphatic hydroxyl groups is 1. The van der Waals surface area contributed by atoms with Gasteiger partial charge in [0.2, 0.25) is 5.95 Å². The van der Waals surface area contributed by atoms with Crippen LogP contribution < -0.4 is 9.64 Å². The van der Waals surface area contributed by atoms with E-state index in [1.807, 2.05) is 18.2 Å². The van der Waals surface area contributed by atoms with Gasteiger partial charge in [-0.05, 0) is 54.4 Å². The zero-order chi connectivity index (χ0) is 24.0. The van der Waals surface area contributed by atoms with E-state index in [-0.39, 0.29) is 33.6 Å². The number of pyridine rings is 1. The second kappa shape index (κ2) is 8.31. The highest BCUT2D eigenvalue weighted by Crippen LogP contribution is 2.44. The summed E-state index contributed by atoms with van der Waals surface area (Å²) >= 11 is 6.33. The Balaban J connectivity index is 1.77. The zero-order valence-electron chi connectivity index (χ0n) is 18.2. The molecule has 2 aromatic carbocycles. The van der Waals surface area contributed by atoms with Crippen molar-refractivity contribution in [2.75, 3.05) is 12.0 Å². The summed E-state index contributed by atoms with van der Waals surface area (Å²) in [7, 11) is 1.42. The number of ether oxygens (including phenoxy) is 1. The number of benzene rings is 2.